The summed E-state index contributed by atoms with van der Waals surface area (Å²) in [6.07, 6.45) is 3.98. The minimum Gasteiger partial charge on any atom is -0.369 e. The summed E-state index contributed by atoms with van der Waals surface area (Å²) in [5, 5.41) is 6.09. The molecule has 1 saturated heterocycles. The molecule has 2 aromatic rings. The van der Waals surface area contributed by atoms with Crippen LogP contribution in [0.2, 0.25) is 0 Å². The number of hydrogen-bond donors (Lipinski definition) is 2. The quantitative estimate of drug-likeness (QED) is 0.816. The van der Waals surface area contributed by atoms with Crippen LogP contribution in [0.15, 0.2) is 36.7 Å². The maximum atomic E-state index is 12.1. The average molecular weight is 368 g/mol. The molecule has 2 N–H and O–H groups in total. The Balaban J connectivity index is 1.58. The highest BCUT2D eigenvalue weighted by atomic mass is 16.1. The van der Waals surface area contributed by atoms with Gasteiger partial charge in [0.2, 0.25) is 5.95 Å². The summed E-state index contributed by atoms with van der Waals surface area (Å²) in [7, 11) is 2.16. The number of nitrogens with one attached hydrogen (secondary N) is 2. The fourth-order valence-electron chi connectivity index (χ4n) is 2.87. The number of piperazine rings is 1. The number of benzene rings is 1. The topological polar surface area (TPSA) is 73.4 Å². The third kappa shape index (κ3) is 5.17. The van der Waals surface area contributed by atoms with E-state index >= 15 is 0 Å². The maximum Gasteiger partial charge on any atom is 0.254 e. The van der Waals surface area contributed by atoms with E-state index in [1.807, 2.05) is 26.0 Å². The van der Waals surface area contributed by atoms with Crippen LogP contribution in [-0.2, 0) is 0 Å². The lowest BCUT2D eigenvalue weighted by atomic mass is 10.2. The standard InChI is InChI=1S/C20H28N6O/c1-4-15(2)23-19(27)16-13-21-20(22-14-16)24-17-5-7-18(8-6-17)26-11-9-25(3)10-12-26/h5-8,13-15H,4,9-12H2,1-3H3,(H,23,27)(H,21,22,24). The van der Waals surface area contributed by atoms with Crippen LogP contribution in [0.3, 0.4) is 0 Å². The van der Waals surface area contributed by atoms with E-state index in [1.165, 1.54) is 5.69 Å². The first-order valence-corrected chi connectivity index (χ1v) is 9.48. The lowest BCUT2D eigenvalue weighted by molar-refractivity contribution is 0.0938. The van der Waals surface area contributed by atoms with Crippen LogP contribution in [-0.4, -0.2) is 60.0 Å². The van der Waals surface area contributed by atoms with E-state index in [0.717, 1.165) is 38.3 Å². The molecular weight excluding hydrogens is 340 g/mol. The van der Waals surface area contributed by atoms with E-state index in [0.29, 0.717) is 11.5 Å². The molecule has 0 aliphatic carbocycles. The molecule has 7 heteroatoms. The summed E-state index contributed by atoms with van der Waals surface area (Å²) in [5.74, 6) is 0.329. The molecule has 1 fully saturated rings. The molecule has 1 aliphatic heterocycles. The molecule has 144 valence electrons. The zero-order chi connectivity index (χ0) is 19.2. The number of likely N-dealkylation sites (N-methyl/N-ethyl adjacent to an activating group) is 1. The second-order valence-corrected chi connectivity index (χ2v) is 7.04. The van der Waals surface area contributed by atoms with Gasteiger partial charge in [-0.15, -0.1) is 0 Å². The van der Waals surface area contributed by atoms with Crippen molar-refractivity contribution in [1.82, 2.24) is 20.2 Å². The number of amides is 1. The molecule has 1 aromatic heterocycles. The molecule has 1 atom stereocenters. The number of carbonyl (C=O) groups excluding carboxylic acids is 1. The van der Waals surface area contributed by atoms with Crippen LogP contribution in [0.1, 0.15) is 30.6 Å². The molecule has 0 spiro atoms. The molecule has 7 nitrogen and oxygen atoms in total. The molecule has 1 aromatic carbocycles. The third-order valence-electron chi connectivity index (χ3n) is 4.90. The molecule has 0 saturated carbocycles. The number of aromatic nitrogens is 2. The van der Waals surface area contributed by atoms with Gasteiger partial charge >= 0.3 is 0 Å². The minimum atomic E-state index is -0.146. The molecule has 0 bridgehead atoms. The third-order valence-corrected chi connectivity index (χ3v) is 4.90. The van der Waals surface area contributed by atoms with Gasteiger partial charge in [0.1, 0.15) is 0 Å². The van der Waals surface area contributed by atoms with Crippen molar-refractivity contribution in [2.45, 2.75) is 26.3 Å². The normalized spacial score (nSPS) is 16.0. The number of rotatable bonds is 6. The smallest absolute Gasteiger partial charge is 0.254 e. The Kier molecular flexibility index (Phi) is 6.24. The molecule has 0 radical (unpaired) electrons. The van der Waals surface area contributed by atoms with Crippen LogP contribution in [0, 0.1) is 0 Å². The van der Waals surface area contributed by atoms with E-state index in [4.69, 9.17) is 0 Å². The Morgan fingerprint density at radius 3 is 2.33 bits per heavy atom. The Morgan fingerprint density at radius 1 is 1.11 bits per heavy atom. The fourth-order valence-corrected chi connectivity index (χ4v) is 2.87. The minimum absolute atomic E-state index is 0.133. The van der Waals surface area contributed by atoms with Gasteiger partial charge in [-0.2, -0.15) is 0 Å². The van der Waals surface area contributed by atoms with Crippen molar-refractivity contribution < 1.29 is 4.79 Å². The van der Waals surface area contributed by atoms with Gasteiger partial charge in [0.25, 0.3) is 5.91 Å². The maximum absolute atomic E-state index is 12.1. The van der Waals surface area contributed by atoms with Crippen LogP contribution in [0.25, 0.3) is 0 Å². The van der Waals surface area contributed by atoms with E-state index in [1.54, 1.807) is 12.4 Å². The van der Waals surface area contributed by atoms with Gasteiger partial charge < -0.3 is 20.4 Å². The largest absolute Gasteiger partial charge is 0.369 e. The zero-order valence-electron chi connectivity index (χ0n) is 16.3. The van der Waals surface area contributed by atoms with Crippen LogP contribution in [0.5, 0.6) is 0 Å². The fraction of sp³-hybridized carbons (Fsp3) is 0.450. The summed E-state index contributed by atoms with van der Waals surface area (Å²) in [4.78, 5) is 25.3. The Hall–Kier alpha value is -2.67. The van der Waals surface area contributed by atoms with Gasteiger partial charge in [0, 0.05) is 56.0 Å². The number of nitrogens with zero attached hydrogens (tertiary/aromatic N) is 4. The monoisotopic (exact) mass is 368 g/mol. The first-order chi connectivity index (χ1) is 13.0. The summed E-state index contributed by atoms with van der Waals surface area (Å²) in [6, 6.07) is 8.42. The van der Waals surface area contributed by atoms with E-state index in [2.05, 4.69) is 49.6 Å². The lowest BCUT2D eigenvalue weighted by Crippen LogP contribution is -2.44. The van der Waals surface area contributed by atoms with Gasteiger partial charge in [0.05, 0.1) is 5.56 Å². The number of anilines is 3. The summed E-state index contributed by atoms with van der Waals surface area (Å²) >= 11 is 0. The SMILES string of the molecule is CCC(C)NC(=O)c1cnc(Nc2ccc(N3CCN(C)CC3)cc2)nc1. The first-order valence-electron chi connectivity index (χ1n) is 9.48. The summed E-state index contributed by atoms with van der Waals surface area (Å²) < 4.78 is 0. The highest BCUT2D eigenvalue weighted by Gasteiger charge is 2.14. The zero-order valence-corrected chi connectivity index (χ0v) is 16.3. The van der Waals surface area contributed by atoms with E-state index < -0.39 is 0 Å². The molecule has 3 rings (SSSR count). The Labute approximate surface area is 160 Å². The van der Waals surface area contributed by atoms with E-state index in [-0.39, 0.29) is 11.9 Å². The molecular formula is C20H28N6O. The molecule has 1 aliphatic rings. The number of carbonyl (C=O) groups is 1. The van der Waals surface area contributed by atoms with Crippen molar-refractivity contribution in [1.29, 1.82) is 0 Å². The van der Waals surface area contributed by atoms with Crippen molar-refractivity contribution in [3.8, 4) is 0 Å². The van der Waals surface area contributed by atoms with Crippen molar-refractivity contribution in [3.05, 3.63) is 42.2 Å². The van der Waals surface area contributed by atoms with Gasteiger partial charge in [-0.05, 0) is 44.7 Å². The van der Waals surface area contributed by atoms with Crippen LogP contribution in [0.4, 0.5) is 17.3 Å². The van der Waals surface area contributed by atoms with Gasteiger partial charge in [-0.25, -0.2) is 9.97 Å². The van der Waals surface area contributed by atoms with Crippen molar-refractivity contribution in [2.24, 2.45) is 0 Å². The molecule has 2 heterocycles. The highest BCUT2D eigenvalue weighted by Crippen LogP contribution is 2.20. The highest BCUT2D eigenvalue weighted by molar-refractivity contribution is 5.93. The lowest BCUT2D eigenvalue weighted by Gasteiger charge is -2.34. The molecule has 1 unspecified atom stereocenters. The Bertz CT molecular complexity index is 738. The Morgan fingerprint density at radius 2 is 1.74 bits per heavy atom. The van der Waals surface area contributed by atoms with Crippen molar-refractivity contribution >= 4 is 23.2 Å². The molecule has 27 heavy (non-hydrogen) atoms. The van der Waals surface area contributed by atoms with Crippen molar-refractivity contribution in [2.75, 3.05) is 43.4 Å². The van der Waals surface area contributed by atoms with Crippen LogP contribution >= 0.6 is 0 Å². The summed E-state index contributed by atoms with van der Waals surface area (Å²) in [5.41, 5.74) is 2.61. The van der Waals surface area contributed by atoms with Gasteiger partial charge in [0.15, 0.2) is 0 Å². The average Bonchev–Trinajstić information content (AvgIpc) is 2.69. The predicted molar refractivity (Wildman–Crippen MR) is 109 cm³/mol. The second-order valence-electron chi connectivity index (χ2n) is 7.04. The predicted octanol–water partition coefficient (Wildman–Crippen LogP) is 2.50. The van der Waals surface area contributed by atoms with Crippen molar-refractivity contribution in [3.63, 3.8) is 0 Å². The van der Waals surface area contributed by atoms with Gasteiger partial charge in [-0.3, -0.25) is 4.79 Å². The number of hydrogen-bond acceptors (Lipinski definition) is 6. The van der Waals surface area contributed by atoms with Crippen LogP contribution < -0.4 is 15.5 Å². The van der Waals surface area contributed by atoms with E-state index in [9.17, 15) is 4.79 Å². The van der Waals surface area contributed by atoms with Gasteiger partial charge in [-0.1, -0.05) is 6.92 Å². The summed E-state index contributed by atoms with van der Waals surface area (Å²) in [6.45, 7) is 8.28. The second kappa shape index (κ2) is 8.81. The first kappa shape index (κ1) is 19.1. The molecule has 1 amide bonds.